The molecule has 0 unspecified atom stereocenters. The molecule has 0 atom stereocenters. The molecule has 1 aliphatic carbocycles. The van der Waals surface area contributed by atoms with Gasteiger partial charge in [-0.1, -0.05) is 27.6 Å². The summed E-state index contributed by atoms with van der Waals surface area (Å²) in [5.74, 6) is 0.151. The number of halogens is 1. The van der Waals surface area contributed by atoms with Gasteiger partial charge in [-0.15, -0.1) is 0 Å². The van der Waals surface area contributed by atoms with E-state index in [-0.39, 0.29) is 5.91 Å². The normalized spacial score (nSPS) is 16.2. The Morgan fingerprint density at radius 3 is 3.00 bits per heavy atom. The predicted octanol–water partition coefficient (Wildman–Crippen LogP) is 2.78. The molecule has 0 bridgehead atoms. The summed E-state index contributed by atoms with van der Waals surface area (Å²) in [7, 11) is 0. The average molecular weight is 260 g/mol. The molecule has 0 spiro atoms. The van der Waals surface area contributed by atoms with Crippen LogP contribution in [0.4, 0.5) is 0 Å². The predicted molar refractivity (Wildman–Crippen MR) is 62.6 cm³/mol. The van der Waals surface area contributed by atoms with E-state index < -0.39 is 0 Å². The van der Waals surface area contributed by atoms with E-state index >= 15 is 0 Å². The van der Waals surface area contributed by atoms with E-state index in [0.717, 1.165) is 18.3 Å². The lowest BCUT2D eigenvalue weighted by Crippen LogP contribution is -2.24. The van der Waals surface area contributed by atoms with Gasteiger partial charge in [-0.05, 0) is 32.1 Å². The molecule has 0 radical (unpaired) electrons. The molecule has 1 aliphatic rings. The largest absolute Gasteiger partial charge is 0.356 e. The first kappa shape index (κ1) is 11.8. The van der Waals surface area contributed by atoms with Crippen LogP contribution in [0.3, 0.4) is 0 Å². The van der Waals surface area contributed by atoms with Crippen LogP contribution in [-0.4, -0.2) is 17.8 Å². The second-order valence-corrected chi connectivity index (χ2v) is 4.44. The van der Waals surface area contributed by atoms with Crippen molar-refractivity contribution in [2.45, 2.75) is 38.5 Å². The molecule has 0 aromatic carbocycles. The number of carbonyl (C=O) groups excluding carboxylic acids is 1. The summed E-state index contributed by atoms with van der Waals surface area (Å²) >= 11 is 3.25. The van der Waals surface area contributed by atoms with Gasteiger partial charge in [0.15, 0.2) is 0 Å². The topological polar surface area (TPSA) is 29.1 Å². The van der Waals surface area contributed by atoms with Crippen molar-refractivity contribution in [1.29, 1.82) is 0 Å². The summed E-state index contributed by atoms with van der Waals surface area (Å²) in [6.45, 7) is 0.803. The lowest BCUT2D eigenvalue weighted by Gasteiger charge is -2.12. The van der Waals surface area contributed by atoms with Crippen LogP contribution in [-0.2, 0) is 4.79 Å². The molecule has 80 valence electrons. The van der Waals surface area contributed by atoms with Gasteiger partial charge in [-0.25, -0.2) is 0 Å². The number of carbonyl (C=O) groups is 1. The Kier molecular flexibility index (Phi) is 5.92. The highest BCUT2D eigenvalue weighted by atomic mass is 79.9. The lowest BCUT2D eigenvalue weighted by molar-refractivity contribution is -0.120. The molecule has 0 heterocycles. The van der Waals surface area contributed by atoms with Crippen LogP contribution in [0.2, 0.25) is 0 Å². The van der Waals surface area contributed by atoms with Gasteiger partial charge in [0.05, 0.1) is 0 Å². The minimum Gasteiger partial charge on any atom is -0.356 e. The maximum Gasteiger partial charge on any atom is 0.220 e. The zero-order valence-corrected chi connectivity index (χ0v) is 10.1. The van der Waals surface area contributed by atoms with Gasteiger partial charge in [0, 0.05) is 18.3 Å². The van der Waals surface area contributed by atoms with E-state index in [1.54, 1.807) is 0 Å². The zero-order chi connectivity index (χ0) is 10.2. The molecule has 1 amide bonds. The van der Waals surface area contributed by atoms with Crippen LogP contribution < -0.4 is 5.32 Å². The van der Waals surface area contributed by atoms with Gasteiger partial charge in [0.25, 0.3) is 0 Å². The first-order valence-corrected chi connectivity index (χ1v) is 6.45. The quantitative estimate of drug-likeness (QED) is 0.597. The second kappa shape index (κ2) is 7.04. The van der Waals surface area contributed by atoms with E-state index in [0.29, 0.717) is 6.42 Å². The van der Waals surface area contributed by atoms with Crippen LogP contribution in [0.25, 0.3) is 0 Å². The third kappa shape index (κ3) is 4.80. The Morgan fingerprint density at radius 2 is 2.36 bits per heavy atom. The van der Waals surface area contributed by atoms with E-state index in [4.69, 9.17) is 0 Å². The molecule has 0 aromatic rings. The van der Waals surface area contributed by atoms with Crippen molar-refractivity contribution in [3.05, 3.63) is 11.6 Å². The van der Waals surface area contributed by atoms with Crippen LogP contribution >= 0.6 is 15.9 Å². The third-order valence-electron chi connectivity index (χ3n) is 2.47. The molecule has 1 N–H and O–H groups in total. The summed E-state index contributed by atoms with van der Waals surface area (Å²) in [6, 6.07) is 0. The Bertz CT molecular complexity index is 213. The number of alkyl halides is 1. The molecule has 0 fully saturated rings. The Labute approximate surface area is 94.3 Å². The standard InChI is InChI=1S/C11H18BrNO/c12-8-6-11(14)13-9-7-10-4-2-1-3-5-10/h4H,1-3,5-9H2,(H,13,14). The molecular weight excluding hydrogens is 242 g/mol. The van der Waals surface area contributed by atoms with Crippen molar-refractivity contribution in [3.63, 3.8) is 0 Å². The van der Waals surface area contributed by atoms with Crippen LogP contribution in [0, 0.1) is 0 Å². The molecule has 0 aliphatic heterocycles. The zero-order valence-electron chi connectivity index (χ0n) is 8.52. The molecule has 0 aromatic heterocycles. The van der Waals surface area contributed by atoms with Crippen molar-refractivity contribution in [3.8, 4) is 0 Å². The fraction of sp³-hybridized carbons (Fsp3) is 0.727. The Hall–Kier alpha value is -0.310. The van der Waals surface area contributed by atoms with E-state index in [2.05, 4.69) is 27.3 Å². The SMILES string of the molecule is O=C(CCBr)NCCC1=CCCCC1. The fourth-order valence-corrected chi connectivity index (χ4v) is 2.03. The van der Waals surface area contributed by atoms with E-state index in [1.807, 2.05) is 0 Å². The molecule has 0 saturated carbocycles. The van der Waals surface area contributed by atoms with E-state index in [1.165, 1.54) is 31.3 Å². The van der Waals surface area contributed by atoms with E-state index in [9.17, 15) is 4.79 Å². The van der Waals surface area contributed by atoms with Crippen molar-refractivity contribution in [1.82, 2.24) is 5.32 Å². The Balaban J connectivity index is 2.08. The van der Waals surface area contributed by atoms with Gasteiger partial charge in [0.1, 0.15) is 0 Å². The van der Waals surface area contributed by atoms with Gasteiger partial charge in [-0.2, -0.15) is 0 Å². The minimum absolute atomic E-state index is 0.151. The molecular formula is C11H18BrNO. The highest BCUT2D eigenvalue weighted by molar-refractivity contribution is 9.09. The second-order valence-electron chi connectivity index (χ2n) is 3.65. The van der Waals surface area contributed by atoms with Crippen LogP contribution in [0.15, 0.2) is 11.6 Å². The smallest absolute Gasteiger partial charge is 0.220 e. The van der Waals surface area contributed by atoms with Crippen molar-refractivity contribution < 1.29 is 4.79 Å². The van der Waals surface area contributed by atoms with Crippen molar-refractivity contribution >= 4 is 21.8 Å². The average Bonchev–Trinajstić information content (AvgIpc) is 2.20. The van der Waals surface area contributed by atoms with Gasteiger partial charge < -0.3 is 5.32 Å². The van der Waals surface area contributed by atoms with Crippen LogP contribution in [0.1, 0.15) is 38.5 Å². The number of hydrogen-bond donors (Lipinski definition) is 1. The maximum atomic E-state index is 11.1. The first-order chi connectivity index (χ1) is 6.83. The lowest BCUT2D eigenvalue weighted by atomic mass is 9.97. The number of hydrogen-bond acceptors (Lipinski definition) is 1. The monoisotopic (exact) mass is 259 g/mol. The molecule has 0 saturated heterocycles. The minimum atomic E-state index is 0.151. The van der Waals surface area contributed by atoms with Crippen molar-refractivity contribution in [2.24, 2.45) is 0 Å². The summed E-state index contributed by atoms with van der Waals surface area (Å²) in [4.78, 5) is 11.1. The summed E-state index contributed by atoms with van der Waals surface area (Å²) < 4.78 is 0. The Morgan fingerprint density at radius 1 is 1.50 bits per heavy atom. The van der Waals surface area contributed by atoms with Gasteiger partial charge in [-0.3, -0.25) is 4.79 Å². The molecule has 2 nitrogen and oxygen atoms in total. The summed E-state index contributed by atoms with van der Waals surface area (Å²) in [5, 5.41) is 3.67. The van der Waals surface area contributed by atoms with Gasteiger partial charge in [0.2, 0.25) is 5.91 Å². The number of rotatable bonds is 5. The van der Waals surface area contributed by atoms with Gasteiger partial charge >= 0.3 is 0 Å². The fourth-order valence-electron chi connectivity index (χ4n) is 1.67. The maximum absolute atomic E-state index is 11.1. The van der Waals surface area contributed by atoms with Crippen LogP contribution in [0.5, 0.6) is 0 Å². The number of allylic oxidation sites excluding steroid dienone is 1. The third-order valence-corrected chi connectivity index (χ3v) is 2.87. The molecule has 3 heteroatoms. The molecule has 14 heavy (non-hydrogen) atoms. The highest BCUT2D eigenvalue weighted by Crippen LogP contribution is 2.19. The molecule has 1 rings (SSSR count). The number of nitrogens with one attached hydrogen (secondary N) is 1. The first-order valence-electron chi connectivity index (χ1n) is 5.33. The highest BCUT2D eigenvalue weighted by Gasteiger charge is 2.04. The number of amides is 1. The van der Waals surface area contributed by atoms with Crippen molar-refractivity contribution in [2.75, 3.05) is 11.9 Å². The summed E-state index contributed by atoms with van der Waals surface area (Å²) in [6.07, 6.45) is 9.06. The summed E-state index contributed by atoms with van der Waals surface area (Å²) in [5.41, 5.74) is 1.52.